The Hall–Kier alpha value is -1.80. The molecule has 2 fully saturated rings. The highest BCUT2D eigenvalue weighted by Gasteiger charge is 2.34. The van der Waals surface area contributed by atoms with Gasteiger partial charge in [-0.15, -0.1) is 0 Å². The van der Waals surface area contributed by atoms with Gasteiger partial charge in [-0.05, 0) is 56.3 Å². The molecular weight excluding hydrogens is 476 g/mol. The molecule has 34 heavy (non-hydrogen) atoms. The third kappa shape index (κ3) is 8.77. The molecule has 2 aliphatic heterocycles. The van der Waals surface area contributed by atoms with Crippen LogP contribution in [0, 0.1) is 5.92 Å². The Morgan fingerprint density at radius 3 is 2.15 bits per heavy atom. The van der Waals surface area contributed by atoms with E-state index in [1.165, 1.54) is 32.1 Å². The van der Waals surface area contributed by atoms with Gasteiger partial charge in [-0.25, -0.2) is 0 Å². The van der Waals surface area contributed by atoms with Gasteiger partial charge < -0.3 is 15.5 Å². The monoisotopic (exact) mass is 509 g/mol. The smallest absolute Gasteiger partial charge is 0.341 e. The number of nitrogens with zero attached hydrogens (tertiary/aromatic N) is 1. The van der Waals surface area contributed by atoms with Crippen molar-refractivity contribution < 1.29 is 31.5 Å². The molecule has 1 unspecified atom stereocenters. The molecule has 0 spiro atoms. The molecule has 192 valence electrons. The van der Waals surface area contributed by atoms with Crippen molar-refractivity contribution in [1.82, 2.24) is 10.2 Å². The normalized spacial score (nSPS) is 19.8. The number of halogens is 5. The number of piperidine rings is 2. The average molecular weight is 510 g/mol. The summed E-state index contributed by atoms with van der Waals surface area (Å²) in [6.45, 7) is 6.30. The fourth-order valence-corrected chi connectivity index (χ4v) is 4.27. The molecule has 1 aromatic carbocycles. The summed E-state index contributed by atoms with van der Waals surface area (Å²) in [6, 6.07) is 1.86. The molecule has 1 aromatic rings. The number of likely N-dealkylation sites (tertiary alicyclic amines) is 1. The molecule has 2 heterocycles. The van der Waals surface area contributed by atoms with Crippen molar-refractivity contribution in [3.8, 4) is 0 Å². The molecule has 0 aliphatic carbocycles. The number of nitrogens with one attached hydrogen (secondary N) is 2. The van der Waals surface area contributed by atoms with Crippen molar-refractivity contribution in [1.29, 1.82) is 0 Å². The van der Waals surface area contributed by atoms with E-state index in [-0.39, 0.29) is 11.7 Å². The van der Waals surface area contributed by atoms with E-state index in [2.05, 4.69) is 17.1 Å². The van der Waals surface area contributed by atoms with Gasteiger partial charge >= 0.3 is 6.18 Å². The van der Waals surface area contributed by atoms with Crippen LogP contribution in [-0.2, 0) is 21.4 Å². The highest BCUT2D eigenvalue weighted by Crippen LogP contribution is 2.40. The summed E-state index contributed by atoms with van der Waals surface area (Å²) >= 11 is 0. The van der Waals surface area contributed by atoms with E-state index in [4.69, 9.17) is 0 Å². The van der Waals surface area contributed by atoms with Gasteiger partial charge in [0.1, 0.15) is 0 Å². The molecule has 2 atom stereocenters. The second kappa shape index (κ2) is 12.2. The molecule has 5 nitrogen and oxygen atoms in total. The van der Waals surface area contributed by atoms with E-state index in [9.17, 15) is 31.5 Å². The van der Waals surface area contributed by atoms with E-state index < -0.39 is 28.9 Å². The van der Waals surface area contributed by atoms with Crippen molar-refractivity contribution in [3.63, 3.8) is 0 Å². The minimum absolute atomic E-state index is 0.118. The van der Waals surface area contributed by atoms with Crippen LogP contribution in [0.3, 0.4) is 0 Å². The molecule has 0 aromatic heterocycles. The maximum absolute atomic E-state index is 13.0. The topological polar surface area (TPSA) is 61.4 Å². The highest BCUT2D eigenvalue weighted by molar-refractivity contribution is 7.17. The van der Waals surface area contributed by atoms with E-state index in [1.54, 1.807) is 0 Å². The van der Waals surface area contributed by atoms with Gasteiger partial charge in [0.15, 0.2) is 0 Å². The lowest BCUT2D eigenvalue weighted by Crippen LogP contribution is -2.50. The highest BCUT2D eigenvalue weighted by atomic mass is 31.0. The number of amides is 2. The average Bonchev–Trinajstić information content (AvgIpc) is 2.78. The van der Waals surface area contributed by atoms with E-state index in [0.29, 0.717) is 18.0 Å². The summed E-state index contributed by atoms with van der Waals surface area (Å²) in [4.78, 5) is 25.0. The van der Waals surface area contributed by atoms with Crippen LogP contribution in [0.1, 0.15) is 63.5 Å². The fourth-order valence-electron chi connectivity index (χ4n) is 4.10. The Morgan fingerprint density at radius 2 is 1.68 bits per heavy atom. The second-order valence-corrected chi connectivity index (χ2v) is 9.51. The van der Waals surface area contributed by atoms with Crippen LogP contribution in [-0.4, -0.2) is 42.4 Å². The summed E-state index contributed by atoms with van der Waals surface area (Å²) in [5, 5.41) is 5.40. The first-order chi connectivity index (χ1) is 15.8. The molecule has 2 saturated heterocycles. The first kappa shape index (κ1) is 28.4. The summed E-state index contributed by atoms with van der Waals surface area (Å²) in [5.41, 5.74) is -5.92. The van der Waals surface area contributed by atoms with Crippen LogP contribution in [0.15, 0.2) is 18.2 Å². The van der Waals surface area contributed by atoms with Crippen molar-refractivity contribution in [2.45, 2.75) is 70.3 Å². The molecule has 3 rings (SSSR count). The van der Waals surface area contributed by atoms with E-state index in [0.717, 1.165) is 54.2 Å². The maximum Gasteiger partial charge on any atom is 0.416 e. The van der Waals surface area contributed by atoms with Crippen molar-refractivity contribution in [3.05, 3.63) is 29.3 Å². The number of alkyl halides is 5. The predicted octanol–water partition coefficient (Wildman–Crippen LogP) is 5.37. The number of carbonyl (C=O) groups excluding carboxylic acids is 2. The minimum atomic E-state index is -4.76. The first-order valence-electron chi connectivity index (χ1n) is 11.5. The molecule has 2 aliphatic rings. The third-order valence-electron chi connectivity index (χ3n) is 6.08. The molecule has 0 saturated carbocycles. The van der Waals surface area contributed by atoms with Gasteiger partial charge in [-0.2, -0.15) is 22.0 Å². The Morgan fingerprint density at radius 1 is 1.06 bits per heavy atom. The standard InChI is InChI=1S/C13H24N2O.C10H9F5NOP/c1-2-11-6-9-15(10-7-11)13(16)12-5-3-4-8-14-12;1-5(17)16-8-3-6(9(11,12)13)2-7(4-8)10(14,15)18/h11-12,14H,2-10H2,1H3;2-4H,18H2,1H3,(H,16,17)/t12-;/m1./s1. The lowest BCUT2D eigenvalue weighted by atomic mass is 9.93. The molecule has 0 bridgehead atoms. The van der Waals surface area contributed by atoms with Crippen molar-refractivity contribution >= 4 is 26.7 Å². The number of anilines is 1. The summed E-state index contributed by atoms with van der Waals surface area (Å²) in [7, 11) is 1.15. The minimum Gasteiger partial charge on any atom is -0.341 e. The molecule has 0 radical (unpaired) electrons. The van der Waals surface area contributed by atoms with Gasteiger partial charge in [-0.1, -0.05) is 29.0 Å². The maximum atomic E-state index is 13.0. The Labute approximate surface area is 199 Å². The van der Waals surface area contributed by atoms with Crippen LogP contribution in [0.5, 0.6) is 0 Å². The fraction of sp³-hybridized carbons (Fsp3) is 0.652. The zero-order valence-corrected chi connectivity index (χ0v) is 20.6. The Balaban J connectivity index is 0.000000241. The number of carbonyl (C=O) groups is 2. The summed E-state index contributed by atoms with van der Waals surface area (Å²) in [6.07, 6.45) is 2.37. The van der Waals surface area contributed by atoms with Crippen LogP contribution in [0.4, 0.5) is 27.6 Å². The lowest BCUT2D eigenvalue weighted by Gasteiger charge is -2.35. The quantitative estimate of drug-likeness (QED) is 0.424. The lowest BCUT2D eigenvalue weighted by molar-refractivity contribution is -0.138. The van der Waals surface area contributed by atoms with E-state index in [1.807, 2.05) is 5.32 Å². The zero-order valence-electron chi connectivity index (χ0n) is 19.5. The van der Waals surface area contributed by atoms with Crippen molar-refractivity contribution in [2.24, 2.45) is 5.92 Å². The SMILES string of the molecule is CC(=O)Nc1cc(C(F)(F)F)cc(C(F)(F)P)c1.CCC1CCN(C(=O)[C@H]2CCCCN2)CC1. The predicted molar refractivity (Wildman–Crippen MR) is 125 cm³/mol. The van der Waals surface area contributed by atoms with Crippen LogP contribution >= 0.6 is 9.24 Å². The van der Waals surface area contributed by atoms with Crippen LogP contribution in [0.25, 0.3) is 0 Å². The van der Waals surface area contributed by atoms with Crippen LogP contribution in [0.2, 0.25) is 0 Å². The molecule has 11 heteroatoms. The third-order valence-corrected chi connectivity index (χ3v) is 6.41. The molecular formula is C23H33F5N3O2P. The van der Waals surface area contributed by atoms with Gasteiger partial charge in [0.2, 0.25) is 11.8 Å². The van der Waals surface area contributed by atoms with Gasteiger partial charge in [-0.3, -0.25) is 9.59 Å². The van der Waals surface area contributed by atoms with E-state index >= 15 is 0 Å². The largest absolute Gasteiger partial charge is 0.416 e. The molecule has 2 amide bonds. The number of hydrogen-bond acceptors (Lipinski definition) is 3. The van der Waals surface area contributed by atoms with Gasteiger partial charge in [0.05, 0.1) is 11.6 Å². The van der Waals surface area contributed by atoms with Gasteiger partial charge in [0, 0.05) is 31.3 Å². The Bertz CT molecular complexity index is 799. The van der Waals surface area contributed by atoms with Gasteiger partial charge in [0.25, 0.3) is 5.66 Å². The number of benzene rings is 1. The van der Waals surface area contributed by atoms with Crippen molar-refractivity contribution in [2.75, 3.05) is 25.0 Å². The number of hydrogen-bond donors (Lipinski definition) is 2. The molecule has 2 N–H and O–H groups in total. The zero-order chi connectivity index (χ0) is 25.5. The first-order valence-corrected chi connectivity index (χ1v) is 12.1. The summed E-state index contributed by atoms with van der Waals surface area (Å²) < 4.78 is 63.6. The second-order valence-electron chi connectivity index (χ2n) is 8.78. The Kier molecular flexibility index (Phi) is 10.2. The number of rotatable bonds is 4. The van der Waals surface area contributed by atoms with Crippen LogP contribution < -0.4 is 10.6 Å². The summed E-state index contributed by atoms with van der Waals surface area (Å²) in [5.74, 6) is 0.560.